The van der Waals surface area contributed by atoms with Crippen molar-refractivity contribution in [3.05, 3.63) is 28.3 Å². The minimum Gasteiger partial charge on any atom is -0.382 e. The summed E-state index contributed by atoms with van der Waals surface area (Å²) in [4.78, 5) is 17.9. The predicted octanol–water partition coefficient (Wildman–Crippen LogP) is 0.889. The number of thiazole rings is 1. The van der Waals surface area contributed by atoms with E-state index in [1.54, 1.807) is 35.5 Å². The first kappa shape index (κ1) is 12.6. The molecular weight excluding hydrogens is 250 g/mol. The molecule has 96 valence electrons. The van der Waals surface area contributed by atoms with Gasteiger partial charge in [0.15, 0.2) is 0 Å². The zero-order chi connectivity index (χ0) is 13.1. The average Bonchev–Trinajstić information content (AvgIpc) is 2.88. The van der Waals surface area contributed by atoms with Gasteiger partial charge in [-0.15, -0.1) is 11.3 Å². The zero-order valence-electron chi connectivity index (χ0n) is 10.3. The highest BCUT2D eigenvalue weighted by atomic mass is 32.1. The second-order valence-corrected chi connectivity index (χ2v) is 5.11. The summed E-state index contributed by atoms with van der Waals surface area (Å²) >= 11 is 1.58. The van der Waals surface area contributed by atoms with Crippen LogP contribution in [0.3, 0.4) is 0 Å². The van der Waals surface area contributed by atoms with E-state index in [2.05, 4.69) is 10.1 Å². The Hall–Kier alpha value is -1.89. The van der Waals surface area contributed by atoms with Crippen LogP contribution in [0.15, 0.2) is 17.6 Å². The molecule has 6 nitrogen and oxygen atoms in total. The van der Waals surface area contributed by atoms with Gasteiger partial charge in [0.05, 0.1) is 17.2 Å². The Morgan fingerprint density at radius 2 is 2.39 bits per heavy atom. The van der Waals surface area contributed by atoms with E-state index in [1.165, 1.54) is 4.68 Å². The van der Waals surface area contributed by atoms with Crippen LogP contribution in [-0.4, -0.2) is 32.6 Å². The number of anilines is 1. The van der Waals surface area contributed by atoms with Crippen LogP contribution in [0.25, 0.3) is 0 Å². The number of hydrogen-bond acceptors (Lipinski definition) is 5. The molecule has 0 aromatic carbocycles. The fraction of sp³-hybridized carbons (Fsp3) is 0.364. The van der Waals surface area contributed by atoms with Crippen molar-refractivity contribution >= 4 is 23.1 Å². The molecule has 2 aromatic heterocycles. The molecule has 0 fully saturated rings. The lowest BCUT2D eigenvalue weighted by atomic mass is 10.4. The summed E-state index contributed by atoms with van der Waals surface area (Å²) < 4.78 is 1.53. The Morgan fingerprint density at radius 3 is 2.94 bits per heavy atom. The average molecular weight is 265 g/mol. The van der Waals surface area contributed by atoms with Crippen LogP contribution in [0.2, 0.25) is 0 Å². The van der Waals surface area contributed by atoms with E-state index in [-0.39, 0.29) is 12.5 Å². The van der Waals surface area contributed by atoms with Gasteiger partial charge in [0.2, 0.25) is 5.91 Å². The number of nitrogens with zero attached hydrogens (tertiary/aromatic N) is 4. The molecule has 0 atom stereocenters. The molecule has 0 saturated heterocycles. The Labute approximate surface area is 109 Å². The van der Waals surface area contributed by atoms with E-state index < -0.39 is 0 Å². The van der Waals surface area contributed by atoms with Gasteiger partial charge < -0.3 is 10.6 Å². The second kappa shape index (κ2) is 5.18. The number of aryl methyl sites for hydroxylation is 1. The van der Waals surface area contributed by atoms with Gasteiger partial charge in [0, 0.05) is 18.6 Å². The Balaban J connectivity index is 1.92. The molecule has 1 amide bonds. The monoisotopic (exact) mass is 265 g/mol. The number of likely N-dealkylation sites (N-methyl/N-ethyl adjacent to an activating group) is 1. The third-order valence-electron chi connectivity index (χ3n) is 2.45. The third-order valence-corrected chi connectivity index (χ3v) is 3.27. The normalized spacial score (nSPS) is 10.6. The van der Waals surface area contributed by atoms with Crippen LogP contribution < -0.4 is 5.73 Å². The van der Waals surface area contributed by atoms with Gasteiger partial charge in [-0.2, -0.15) is 5.10 Å². The lowest BCUT2D eigenvalue weighted by molar-refractivity contribution is -0.131. The predicted molar refractivity (Wildman–Crippen MR) is 70.0 cm³/mol. The quantitative estimate of drug-likeness (QED) is 0.890. The van der Waals surface area contributed by atoms with E-state index in [1.807, 2.05) is 12.3 Å². The maximum Gasteiger partial charge on any atom is 0.244 e. The van der Waals surface area contributed by atoms with Gasteiger partial charge in [0.1, 0.15) is 12.4 Å². The zero-order valence-corrected chi connectivity index (χ0v) is 11.1. The molecule has 18 heavy (non-hydrogen) atoms. The minimum atomic E-state index is -0.0243. The number of hydrogen-bond donors (Lipinski definition) is 1. The number of rotatable bonds is 4. The number of nitrogens with two attached hydrogens (primary N) is 1. The number of nitrogen functional groups attached to an aromatic ring is 1. The third kappa shape index (κ3) is 3.07. The summed E-state index contributed by atoms with van der Waals surface area (Å²) in [5.41, 5.74) is 6.40. The highest BCUT2D eigenvalue weighted by Gasteiger charge is 2.11. The van der Waals surface area contributed by atoms with Crippen molar-refractivity contribution in [2.24, 2.45) is 0 Å². The maximum atomic E-state index is 11.9. The van der Waals surface area contributed by atoms with Gasteiger partial charge >= 0.3 is 0 Å². The first-order valence-electron chi connectivity index (χ1n) is 5.48. The van der Waals surface area contributed by atoms with Gasteiger partial charge in [0.25, 0.3) is 0 Å². The molecule has 0 spiro atoms. The summed E-state index contributed by atoms with van der Waals surface area (Å²) in [7, 11) is 1.75. The van der Waals surface area contributed by atoms with Crippen LogP contribution in [0.1, 0.15) is 10.7 Å². The molecule has 0 aliphatic rings. The van der Waals surface area contributed by atoms with E-state index in [9.17, 15) is 4.79 Å². The van der Waals surface area contributed by atoms with Gasteiger partial charge in [-0.3, -0.25) is 9.48 Å². The first-order chi connectivity index (χ1) is 8.54. The molecule has 0 aliphatic carbocycles. The van der Waals surface area contributed by atoms with E-state index in [0.29, 0.717) is 12.4 Å². The van der Waals surface area contributed by atoms with Crippen molar-refractivity contribution in [1.82, 2.24) is 19.7 Å². The molecule has 7 heteroatoms. The number of carbonyl (C=O) groups excluding carboxylic acids is 1. The summed E-state index contributed by atoms with van der Waals surface area (Å²) in [5.74, 6) is 0.393. The van der Waals surface area contributed by atoms with Crippen molar-refractivity contribution in [2.45, 2.75) is 20.0 Å². The molecule has 0 saturated carbocycles. The molecule has 0 unspecified atom stereocenters. The molecule has 0 radical (unpaired) electrons. The van der Waals surface area contributed by atoms with E-state index in [4.69, 9.17) is 5.73 Å². The topological polar surface area (TPSA) is 77.0 Å². The molecule has 2 heterocycles. The molecular formula is C11H15N5OS. The lowest BCUT2D eigenvalue weighted by Gasteiger charge is -2.15. The van der Waals surface area contributed by atoms with E-state index in [0.717, 1.165) is 10.7 Å². The first-order valence-corrected chi connectivity index (χ1v) is 6.36. The van der Waals surface area contributed by atoms with Gasteiger partial charge in [-0.25, -0.2) is 4.98 Å². The van der Waals surface area contributed by atoms with Crippen LogP contribution in [-0.2, 0) is 17.9 Å². The highest BCUT2D eigenvalue weighted by Crippen LogP contribution is 2.10. The number of aromatic nitrogens is 3. The standard InChI is InChI=1S/C11H15N5OS/c1-8-13-9(7-18-8)5-15(2)11(17)6-16-4-3-10(12)14-16/h3-4,7H,5-6H2,1-2H3,(H2,12,14). The van der Waals surface area contributed by atoms with Crippen molar-refractivity contribution in [1.29, 1.82) is 0 Å². The van der Waals surface area contributed by atoms with Crippen LogP contribution in [0.5, 0.6) is 0 Å². The molecule has 2 rings (SSSR count). The fourth-order valence-corrected chi connectivity index (χ4v) is 2.14. The smallest absolute Gasteiger partial charge is 0.244 e. The molecule has 0 aliphatic heterocycles. The lowest BCUT2D eigenvalue weighted by Crippen LogP contribution is -2.30. The Morgan fingerprint density at radius 1 is 1.61 bits per heavy atom. The van der Waals surface area contributed by atoms with Crippen LogP contribution in [0, 0.1) is 6.92 Å². The van der Waals surface area contributed by atoms with Crippen LogP contribution in [0.4, 0.5) is 5.82 Å². The molecule has 2 aromatic rings. The molecule has 0 bridgehead atoms. The second-order valence-electron chi connectivity index (χ2n) is 4.05. The Bertz CT molecular complexity index is 547. The van der Waals surface area contributed by atoms with Gasteiger partial charge in [-0.05, 0) is 13.0 Å². The highest BCUT2D eigenvalue weighted by molar-refractivity contribution is 7.09. The fourth-order valence-electron chi connectivity index (χ4n) is 1.54. The Kier molecular flexibility index (Phi) is 3.61. The number of amides is 1. The minimum absolute atomic E-state index is 0.0243. The van der Waals surface area contributed by atoms with Gasteiger partial charge in [-0.1, -0.05) is 0 Å². The summed E-state index contributed by atoms with van der Waals surface area (Å²) in [6.45, 7) is 2.65. The molecule has 2 N–H and O–H groups in total. The SMILES string of the molecule is Cc1nc(CN(C)C(=O)Cn2ccc(N)n2)cs1. The van der Waals surface area contributed by atoms with Crippen molar-refractivity contribution < 1.29 is 4.79 Å². The summed E-state index contributed by atoms with van der Waals surface area (Å²) in [6, 6.07) is 1.66. The van der Waals surface area contributed by atoms with Crippen molar-refractivity contribution in [3.8, 4) is 0 Å². The summed E-state index contributed by atoms with van der Waals surface area (Å²) in [6.07, 6.45) is 1.69. The summed E-state index contributed by atoms with van der Waals surface area (Å²) in [5, 5.41) is 6.95. The van der Waals surface area contributed by atoms with Crippen LogP contribution >= 0.6 is 11.3 Å². The van der Waals surface area contributed by atoms with E-state index >= 15 is 0 Å². The largest absolute Gasteiger partial charge is 0.382 e. The van der Waals surface area contributed by atoms with Crippen molar-refractivity contribution in [2.75, 3.05) is 12.8 Å². The van der Waals surface area contributed by atoms with Crippen molar-refractivity contribution in [3.63, 3.8) is 0 Å². The maximum absolute atomic E-state index is 11.9. The number of carbonyl (C=O) groups is 1.